The minimum Gasteiger partial charge on any atom is -0.493 e. The van der Waals surface area contributed by atoms with Crippen LogP contribution in [0, 0.1) is 12.8 Å². The Balaban J connectivity index is 1.73. The van der Waals surface area contributed by atoms with E-state index in [0.29, 0.717) is 43.2 Å². The van der Waals surface area contributed by atoms with E-state index in [1.807, 2.05) is 6.92 Å². The van der Waals surface area contributed by atoms with E-state index in [9.17, 15) is 13.2 Å². The van der Waals surface area contributed by atoms with Gasteiger partial charge in [-0.25, -0.2) is 8.42 Å². The quantitative estimate of drug-likeness (QED) is 0.582. The molecule has 0 saturated carbocycles. The predicted molar refractivity (Wildman–Crippen MR) is 125 cm³/mol. The van der Waals surface area contributed by atoms with E-state index >= 15 is 0 Å². The molecule has 0 unspecified atom stereocenters. The Morgan fingerprint density at radius 2 is 1.67 bits per heavy atom. The summed E-state index contributed by atoms with van der Waals surface area (Å²) in [6.07, 6.45) is 1.29. The summed E-state index contributed by atoms with van der Waals surface area (Å²) in [5.41, 5.74) is 1.81. The van der Waals surface area contributed by atoms with Gasteiger partial charge in [0.15, 0.2) is 11.5 Å². The van der Waals surface area contributed by atoms with Crippen molar-refractivity contribution in [2.75, 3.05) is 41.5 Å². The lowest BCUT2D eigenvalue weighted by atomic mass is 9.98. The standard InChI is InChI=1S/C24H32N2O6S/c1-17-8-10-20(11-9-17)33(28,29)26-12-6-7-19(16-26)24(27)25(2)15-18-13-21(30-3)23(32-5)22(14-18)31-4/h8-11,13-14,19H,6-7,12,15-16H2,1-5H3/t19-/m0/s1. The first-order valence-corrected chi connectivity index (χ1v) is 12.3. The van der Waals surface area contributed by atoms with Gasteiger partial charge in [0.2, 0.25) is 21.7 Å². The third kappa shape index (κ3) is 5.42. The molecule has 2 aromatic carbocycles. The molecule has 0 bridgehead atoms. The minimum absolute atomic E-state index is 0.0902. The zero-order valence-corrected chi connectivity index (χ0v) is 20.6. The van der Waals surface area contributed by atoms with Crippen molar-refractivity contribution in [3.63, 3.8) is 0 Å². The number of methoxy groups -OCH3 is 3. The Bertz CT molecular complexity index is 1060. The maximum Gasteiger partial charge on any atom is 0.243 e. The summed E-state index contributed by atoms with van der Waals surface area (Å²) in [6, 6.07) is 10.4. The Hall–Kier alpha value is -2.78. The van der Waals surface area contributed by atoms with Crippen molar-refractivity contribution in [2.45, 2.75) is 31.2 Å². The summed E-state index contributed by atoms with van der Waals surface area (Å²) < 4.78 is 43.8. The summed E-state index contributed by atoms with van der Waals surface area (Å²) in [4.78, 5) is 15.1. The highest BCUT2D eigenvalue weighted by molar-refractivity contribution is 7.89. The zero-order valence-electron chi connectivity index (χ0n) is 19.8. The van der Waals surface area contributed by atoms with Crippen LogP contribution in [0.15, 0.2) is 41.3 Å². The first kappa shape index (κ1) is 24.9. The summed E-state index contributed by atoms with van der Waals surface area (Å²) in [5, 5.41) is 0. The number of rotatable bonds is 8. The molecule has 2 aromatic rings. The van der Waals surface area contributed by atoms with E-state index < -0.39 is 15.9 Å². The lowest BCUT2D eigenvalue weighted by molar-refractivity contribution is -0.135. The van der Waals surface area contributed by atoms with E-state index in [-0.39, 0.29) is 17.3 Å². The predicted octanol–water partition coefficient (Wildman–Crippen LogP) is 3.08. The molecule has 1 aliphatic heterocycles. The molecule has 0 radical (unpaired) electrons. The van der Waals surface area contributed by atoms with Crippen LogP contribution in [0.2, 0.25) is 0 Å². The van der Waals surface area contributed by atoms with Gasteiger partial charge < -0.3 is 19.1 Å². The minimum atomic E-state index is -3.64. The summed E-state index contributed by atoms with van der Waals surface area (Å²) in [6.45, 7) is 2.83. The highest BCUT2D eigenvalue weighted by Crippen LogP contribution is 2.38. The SMILES string of the molecule is COc1cc(CN(C)C(=O)[C@H]2CCCN(S(=O)(=O)c3ccc(C)cc3)C2)cc(OC)c1OC. The number of nitrogens with zero attached hydrogens (tertiary/aromatic N) is 2. The molecule has 1 saturated heterocycles. The van der Waals surface area contributed by atoms with Gasteiger partial charge in [0.1, 0.15) is 0 Å². The zero-order chi connectivity index (χ0) is 24.2. The fourth-order valence-electron chi connectivity index (χ4n) is 4.11. The molecule has 0 N–H and O–H groups in total. The van der Waals surface area contributed by atoms with Crippen molar-refractivity contribution < 1.29 is 27.4 Å². The van der Waals surface area contributed by atoms with Gasteiger partial charge in [-0.15, -0.1) is 0 Å². The Morgan fingerprint density at radius 3 is 2.21 bits per heavy atom. The van der Waals surface area contributed by atoms with Crippen molar-refractivity contribution in [1.29, 1.82) is 0 Å². The van der Waals surface area contributed by atoms with Crippen LogP contribution in [-0.2, 0) is 21.4 Å². The maximum atomic E-state index is 13.2. The number of aryl methyl sites for hydroxylation is 1. The number of sulfonamides is 1. The van der Waals surface area contributed by atoms with E-state index in [2.05, 4.69) is 0 Å². The van der Waals surface area contributed by atoms with E-state index in [1.165, 1.54) is 11.4 Å². The highest BCUT2D eigenvalue weighted by atomic mass is 32.2. The average molecular weight is 477 g/mol. The molecule has 1 aliphatic rings. The Labute approximate surface area is 196 Å². The fourth-order valence-corrected chi connectivity index (χ4v) is 5.64. The fraction of sp³-hybridized carbons (Fsp3) is 0.458. The number of benzene rings is 2. The van der Waals surface area contributed by atoms with E-state index in [1.54, 1.807) is 62.6 Å². The summed E-state index contributed by atoms with van der Waals surface area (Å²) in [5.74, 6) is 1.03. The van der Waals surface area contributed by atoms with Crippen LogP contribution in [0.5, 0.6) is 17.2 Å². The number of hydrogen-bond donors (Lipinski definition) is 0. The van der Waals surface area contributed by atoms with Gasteiger partial charge in [-0.1, -0.05) is 17.7 Å². The Morgan fingerprint density at radius 1 is 1.06 bits per heavy atom. The van der Waals surface area contributed by atoms with E-state index in [0.717, 1.165) is 11.1 Å². The summed E-state index contributed by atoms with van der Waals surface area (Å²) in [7, 11) is 2.70. The number of carbonyl (C=O) groups is 1. The first-order valence-electron chi connectivity index (χ1n) is 10.8. The molecule has 1 atom stereocenters. The molecule has 3 rings (SSSR count). The number of carbonyl (C=O) groups excluding carboxylic acids is 1. The van der Waals surface area contributed by atoms with Gasteiger partial charge in [-0.3, -0.25) is 4.79 Å². The third-order valence-corrected chi connectivity index (χ3v) is 7.79. The van der Waals surface area contributed by atoms with Crippen LogP contribution >= 0.6 is 0 Å². The van der Waals surface area contributed by atoms with Crippen LogP contribution in [0.25, 0.3) is 0 Å². The van der Waals surface area contributed by atoms with Gasteiger partial charge in [0.05, 0.1) is 32.1 Å². The Kier molecular flexibility index (Phi) is 7.86. The van der Waals surface area contributed by atoms with Gasteiger partial charge in [-0.05, 0) is 49.6 Å². The molecule has 1 amide bonds. The molecule has 1 heterocycles. The number of amides is 1. The number of ether oxygens (including phenoxy) is 3. The van der Waals surface area contributed by atoms with Crippen molar-refractivity contribution in [2.24, 2.45) is 5.92 Å². The van der Waals surface area contributed by atoms with Gasteiger partial charge in [0, 0.05) is 26.7 Å². The van der Waals surface area contributed by atoms with Gasteiger partial charge in [-0.2, -0.15) is 4.31 Å². The number of hydrogen-bond acceptors (Lipinski definition) is 6. The largest absolute Gasteiger partial charge is 0.493 e. The van der Waals surface area contributed by atoms with E-state index in [4.69, 9.17) is 14.2 Å². The third-order valence-electron chi connectivity index (χ3n) is 5.91. The second-order valence-electron chi connectivity index (χ2n) is 8.24. The monoisotopic (exact) mass is 476 g/mol. The molecule has 0 spiro atoms. The van der Waals surface area contributed by atoms with Crippen LogP contribution in [0.4, 0.5) is 0 Å². The van der Waals surface area contributed by atoms with Gasteiger partial charge in [0.25, 0.3) is 0 Å². The van der Waals surface area contributed by atoms with Crippen molar-refractivity contribution in [1.82, 2.24) is 9.21 Å². The van der Waals surface area contributed by atoms with Crippen molar-refractivity contribution in [3.05, 3.63) is 47.5 Å². The number of piperidine rings is 1. The molecular formula is C24H32N2O6S. The normalized spacial score (nSPS) is 16.8. The smallest absolute Gasteiger partial charge is 0.243 e. The van der Waals surface area contributed by atoms with Gasteiger partial charge >= 0.3 is 0 Å². The molecule has 9 heteroatoms. The molecule has 180 valence electrons. The lowest BCUT2D eigenvalue weighted by Gasteiger charge is -2.33. The molecular weight excluding hydrogens is 444 g/mol. The summed E-state index contributed by atoms with van der Waals surface area (Å²) >= 11 is 0. The molecule has 1 fully saturated rings. The average Bonchev–Trinajstić information content (AvgIpc) is 2.83. The lowest BCUT2D eigenvalue weighted by Crippen LogP contribution is -2.45. The van der Waals surface area contributed by atoms with Crippen LogP contribution < -0.4 is 14.2 Å². The molecule has 33 heavy (non-hydrogen) atoms. The topological polar surface area (TPSA) is 85.4 Å². The van der Waals surface area contributed by atoms with Crippen LogP contribution in [0.3, 0.4) is 0 Å². The van der Waals surface area contributed by atoms with Crippen LogP contribution in [0.1, 0.15) is 24.0 Å². The second-order valence-corrected chi connectivity index (χ2v) is 10.2. The van der Waals surface area contributed by atoms with Crippen molar-refractivity contribution in [3.8, 4) is 17.2 Å². The molecule has 8 nitrogen and oxygen atoms in total. The highest BCUT2D eigenvalue weighted by Gasteiger charge is 2.34. The first-order chi connectivity index (χ1) is 15.7. The molecule has 0 aromatic heterocycles. The molecule has 0 aliphatic carbocycles. The second kappa shape index (κ2) is 10.4. The maximum absolute atomic E-state index is 13.2. The van der Waals surface area contributed by atoms with Crippen LogP contribution in [-0.4, -0.2) is 65.0 Å². The van der Waals surface area contributed by atoms with Crippen molar-refractivity contribution >= 4 is 15.9 Å².